The van der Waals surface area contributed by atoms with E-state index in [1.165, 1.54) is 6.08 Å². The van der Waals surface area contributed by atoms with Crippen molar-refractivity contribution in [3.63, 3.8) is 0 Å². The Balaban J connectivity index is 1.46. The summed E-state index contributed by atoms with van der Waals surface area (Å²) in [4.78, 5) is 40.1. The molecular formula is C24H27N3O3. The number of hydrogen-bond donors (Lipinski definition) is 1. The van der Waals surface area contributed by atoms with Crippen LogP contribution in [0.5, 0.6) is 0 Å². The molecule has 3 rings (SSSR count). The average Bonchev–Trinajstić information content (AvgIpc) is 2.81. The molecule has 156 valence electrons. The molecule has 1 heterocycles. The second-order valence-electron chi connectivity index (χ2n) is 7.28. The molecule has 0 saturated carbocycles. The van der Waals surface area contributed by atoms with Gasteiger partial charge in [0.2, 0.25) is 11.8 Å². The van der Waals surface area contributed by atoms with Crippen LogP contribution in [0.15, 0.2) is 67.3 Å². The number of nitrogens with one attached hydrogen (secondary N) is 1. The highest BCUT2D eigenvalue weighted by Crippen LogP contribution is 2.12. The highest BCUT2D eigenvalue weighted by molar-refractivity contribution is 5.94. The Hall–Kier alpha value is -3.41. The maximum absolute atomic E-state index is 12.8. The molecular weight excluding hydrogens is 378 g/mol. The number of piperazine rings is 1. The summed E-state index contributed by atoms with van der Waals surface area (Å²) < 4.78 is 0. The third kappa shape index (κ3) is 5.80. The summed E-state index contributed by atoms with van der Waals surface area (Å²) in [5, 5.41) is 2.71. The van der Waals surface area contributed by atoms with Crippen LogP contribution in [0, 0.1) is 0 Å². The van der Waals surface area contributed by atoms with E-state index < -0.39 is 0 Å². The minimum atomic E-state index is -0.230. The van der Waals surface area contributed by atoms with Gasteiger partial charge in [-0.25, -0.2) is 0 Å². The Bertz CT molecular complexity index is 886. The van der Waals surface area contributed by atoms with Gasteiger partial charge in [0.15, 0.2) is 0 Å². The summed E-state index contributed by atoms with van der Waals surface area (Å²) >= 11 is 0. The average molecular weight is 405 g/mol. The first kappa shape index (κ1) is 21.3. The van der Waals surface area contributed by atoms with Crippen LogP contribution in [0.3, 0.4) is 0 Å². The van der Waals surface area contributed by atoms with Crippen LogP contribution in [0.25, 0.3) is 0 Å². The van der Waals surface area contributed by atoms with Crippen molar-refractivity contribution < 1.29 is 14.4 Å². The number of carbonyl (C=O) groups excluding carboxylic acids is 3. The van der Waals surface area contributed by atoms with E-state index in [1.54, 1.807) is 17.0 Å². The van der Waals surface area contributed by atoms with Gasteiger partial charge in [-0.15, -0.1) is 0 Å². The molecule has 2 aromatic carbocycles. The van der Waals surface area contributed by atoms with E-state index in [9.17, 15) is 14.4 Å². The first-order valence-corrected chi connectivity index (χ1v) is 10.2. The van der Waals surface area contributed by atoms with Gasteiger partial charge in [0.1, 0.15) is 0 Å². The molecule has 1 fully saturated rings. The zero-order valence-electron chi connectivity index (χ0n) is 17.0. The third-order valence-corrected chi connectivity index (χ3v) is 5.24. The molecule has 30 heavy (non-hydrogen) atoms. The molecule has 0 atom stereocenters. The zero-order valence-corrected chi connectivity index (χ0v) is 17.0. The van der Waals surface area contributed by atoms with E-state index in [-0.39, 0.29) is 17.7 Å². The second kappa shape index (κ2) is 10.4. The minimum Gasteiger partial charge on any atom is -0.348 e. The van der Waals surface area contributed by atoms with Gasteiger partial charge >= 0.3 is 0 Å². The molecule has 0 unspecified atom stereocenters. The van der Waals surface area contributed by atoms with Crippen LogP contribution < -0.4 is 5.32 Å². The summed E-state index contributed by atoms with van der Waals surface area (Å²) in [6.45, 7) is 6.00. The highest BCUT2D eigenvalue weighted by atomic mass is 16.2. The van der Waals surface area contributed by atoms with Crippen LogP contribution in [0.2, 0.25) is 0 Å². The maximum Gasteiger partial charge on any atom is 0.253 e. The summed E-state index contributed by atoms with van der Waals surface area (Å²) in [6, 6.07) is 17.2. The van der Waals surface area contributed by atoms with Crippen molar-refractivity contribution in [2.24, 2.45) is 0 Å². The topological polar surface area (TPSA) is 69.7 Å². The number of rotatable bonds is 7. The van der Waals surface area contributed by atoms with Crippen molar-refractivity contribution in [2.45, 2.75) is 19.4 Å². The standard InChI is InChI=1S/C24H27N3O3/c1-2-22(28)25-18-20-8-11-21(12-9-20)24(30)27-16-14-26(15-17-27)23(29)13-10-19-6-4-3-5-7-19/h2-9,11-12H,1,10,13-18H2,(H,25,28). The van der Waals surface area contributed by atoms with E-state index >= 15 is 0 Å². The number of carbonyl (C=O) groups is 3. The van der Waals surface area contributed by atoms with E-state index in [1.807, 2.05) is 47.4 Å². The molecule has 6 nitrogen and oxygen atoms in total. The number of nitrogens with zero attached hydrogens (tertiary/aromatic N) is 2. The lowest BCUT2D eigenvalue weighted by Crippen LogP contribution is -2.50. The Kier molecular flexibility index (Phi) is 7.38. The van der Waals surface area contributed by atoms with E-state index in [4.69, 9.17) is 0 Å². The van der Waals surface area contributed by atoms with Crippen molar-refractivity contribution in [3.8, 4) is 0 Å². The molecule has 1 N–H and O–H groups in total. The van der Waals surface area contributed by atoms with Crippen LogP contribution in [0.4, 0.5) is 0 Å². The Labute approximate surface area is 177 Å². The van der Waals surface area contributed by atoms with E-state index in [0.717, 1.165) is 17.5 Å². The van der Waals surface area contributed by atoms with Crippen LogP contribution in [-0.4, -0.2) is 53.7 Å². The smallest absolute Gasteiger partial charge is 0.253 e. The Morgan fingerprint density at radius 2 is 1.50 bits per heavy atom. The lowest BCUT2D eigenvalue weighted by Gasteiger charge is -2.35. The van der Waals surface area contributed by atoms with Gasteiger partial charge in [0, 0.05) is 44.7 Å². The predicted molar refractivity (Wildman–Crippen MR) is 116 cm³/mol. The third-order valence-electron chi connectivity index (χ3n) is 5.24. The molecule has 0 radical (unpaired) electrons. The van der Waals surface area contributed by atoms with Crippen molar-refractivity contribution >= 4 is 17.7 Å². The fraction of sp³-hybridized carbons (Fsp3) is 0.292. The summed E-state index contributed by atoms with van der Waals surface area (Å²) in [5.74, 6) is -0.128. The number of benzene rings is 2. The monoisotopic (exact) mass is 405 g/mol. The maximum atomic E-state index is 12.8. The van der Waals surface area contributed by atoms with Gasteiger partial charge in [-0.05, 0) is 35.8 Å². The lowest BCUT2D eigenvalue weighted by molar-refractivity contribution is -0.132. The molecule has 6 heteroatoms. The number of aryl methyl sites for hydroxylation is 1. The van der Waals surface area contributed by atoms with Gasteiger partial charge in [-0.2, -0.15) is 0 Å². The molecule has 0 bridgehead atoms. The molecule has 1 saturated heterocycles. The fourth-order valence-electron chi connectivity index (χ4n) is 3.42. The molecule has 2 aromatic rings. The van der Waals surface area contributed by atoms with Gasteiger partial charge in [-0.3, -0.25) is 14.4 Å². The van der Waals surface area contributed by atoms with Crippen LogP contribution in [-0.2, 0) is 22.6 Å². The van der Waals surface area contributed by atoms with Gasteiger partial charge < -0.3 is 15.1 Å². The van der Waals surface area contributed by atoms with Gasteiger partial charge in [0.25, 0.3) is 5.91 Å². The van der Waals surface area contributed by atoms with Crippen molar-refractivity contribution in [3.05, 3.63) is 83.9 Å². The molecule has 1 aliphatic rings. The van der Waals surface area contributed by atoms with E-state index in [0.29, 0.717) is 44.7 Å². The van der Waals surface area contributed by atoms with Crippen LogP contribution >= 0.6 is 0 Å². The summed E-state index contributed by atoms with van der Waals surface area (Å²) in [6.07, 6.45) is 2.45. The Morgan fingerprint density at radius 3 is 2.13 bits per heavy atom. The van der Waals surface area contributed by atoms with E-state index in [2.05, 4.69) is 11.9 Å². The fourth-order valence-corrected chi connectivity index (χ4v) is 3.42. The van der Waals surface area contributed by atoms with Crippen molar-refractivity contribution in [1.82, 2.24) is 15.1 Å². The minimum absolute atomic E-state index is 0.0342. The van der Waals surface area contributed by atoms with Gasteiger partial charge in [-0.1, -0.05) is 49.0 Å². The second-order valence-corrected chi connectivity index (χ2v) is 7.28. The molecule has 3 amide bonds. The largest absolute Gasteiger partial charge is 0.348 e. The first-order chi connectivity index (χ1) is 14.6. The molecule has 0 aliphatic carbocycles. The van der Waals surface area contributed by atoms with Crippen LogP contribution in [0.1, 0.15) is 27.9 Å². The Morgan fingerprint density at radius 1 is 0.867 bits per heavy atom. The molecule has 1 aliphatic heterocycles. The normalized spacial score (nSPS) is 13.6. The quantitative estimate of drug-likeness (QED) is 0.719. The zero-order chi connectivity index (χ0) is 21.3. The molecule has 0 spiro atoms. The number of amides is 3. The van der Waals surface area contributed by atoms with Gasteiger partial charge in [0.05, 0.1) is 0 Å². The van der Waals surface area contributed by atoms with Crippen molar-refractivity contribution in [2.75, 3.05) is 26.2 Å². The van der Waals surface area contributed by atoms with Crippen molar-refractivity contribution in [1.29, 1.82) is 0 Å². The molecule has 0 aromatic heterocycles. The summed E-state index contributed by atoms with van der Waals surface area (Å²) in [5.41, 5.74) is 2.68. The summed E-state index contributed by atoms with van der Waals surface area (Å²) in [7, 11) is 0. The highest BCUT2D eigenvalue weighted by Gasteiger charge is 2.24. The number of hydrogen-bond acceptors (Lipinski definition) is 3. The predicted octanol–water partition coefficient (Wildman–Crippen LogP) is 2.41. The first-order valence-electron chi connectivity index (χ1n) is 10.2. The SMILES string of the molecule is C=CC(=O)NCc1ccc(C(=O)N2CCN(C(=O)CCc3ccccc3)CC2)cc1. The lowest BCUT2D eigenvalue weighted by atomic mass is 10.1.